The Morgan fingerprint density at radius 1 is 0.700 bits per heavy atom. The molecule has 2 aliphatic rings. The first kappa shape index (κ1) is 25.7. The summed E-state index contributed by atoms with van der Waals surface area (Å²) in [6.07, 6.45) is -3.91. The summed E-state index contributed by atoms with van der Waals surface area (Å²) in [5.74, 6) is -4.90. The van der Waals surface area contributed by atoms with Crippen molar-refractivity contribution in [3.05, 3.63) is 0 Å². The number of ether oxygens (including phenoxy) is 5. The van der Waals surface area contributed by atoms with E-state index in [1.165, 1.54) is 0 Å². The largest absolute Gasteiger partial charge is 0.455 e. The van der Waals surface area contributed by atoms with Crippen molar-refractivity contribution in [2.45, 2.75) is 45.7 Å². The third kappa shape index (κ3) is 6.48. The van der Waals surface area contributed by atoms with Crippen LogP contribution < -0.4 is 0 Å². The minimum absolute atomic E-state index is 0.0680. The van der Waals surface area contributed by atoms with Gasteiger partial charge in [0, 0.05) is 16.2 Å². The lowest BCUT2D eigenvalue weighted by Crippen LogP contribution is -2.48. The summed E-state index contributed by atoms with van der Waals surface area (Å²) in [6, 6.07) is 0. The molecule has 2 rings (SSSR count). The van der Waals surface area contributed by atoms with Crippen LogP contribution in [0.1, 0.15) is 33.6 Å². The van der Waals surface area contributed by atoms with Gasteiger partial charge in [-0.1, -0.05) is 20.8 Å². The van der Waals surface area contributed by atoms with Gasteiger partial charge >= 0.3 is 12.1 Å². The van der Waals surface area contributed by atoms with Gasteiger partial charge in [-0.15, -0.1) is 0 Å². The number of hydrogen-bond donors (Lipinski definition) is 0. The molecule has 0 saturated carbocycles. The van der Waals surface area contributed by atoms with Gasteiger partial charge in [-0.3, -0.25) is 0 Å². The minimum atomic E-state index is -5.65. The molecule has 2 saturated heterocycles. The van der Waals surface area contributed by atoms with Crippen LogP contribution in [0.15, 0.2) is 0 Å². The van der Waals surface area contributed by atoms with Crippen LogP contribution in [-0.4, -0.2) is 78.2 Å². The first-order chi connectivity index (χ1) is 13.9. The Hall–Kier alpha value is -0.550. The standard InChI is InChI=1S/C20H33F5O5/c1-4-17(11-29-12-17)9-26-6-16(3,7-27-10-18(5-2)13-30-14-18)8-28-15-19(21,22)20(23,24)25/h4-15H2,1-3H3. The SMILES string of the molecule is CCC1(COCC(C)(COCC2(CC)COC2)COCC(F)(F)C(F)(F)F)COC1. The van der Waals surface area contributed by atoms with E-state index in [-0.39, 0.29) is 30.7 Å². The molecule has 0 radical (unpaired) electrons. The van der Waals surface area contributed by atoms with Crippen molar-refractivity contribution < 1.29 is 45.6 Å². The molecule has 2 aliphatic heterocycles. The predicted octanol–water partition coefficient (Wildman–Crippen LogP) is 4.09. The van der Waals surface area contributed by atoms with E-state index >= 15 is 0 Å². The Morgan fingerprint density at radius 3 is 1.40 bits per heavy atom. The van der Waals surface area contributed by atoms with Gasteiger partial charge in [-0.05, 0) is 12.8 Å². The van der Waals surface area contributed by atoms with E-state index in [4.69, 9.17) is 23.7 Å². The summed E-state index contributed by atoms with van der Waals surface area (Å²) < 4.78 is 90.5. The van der Waals surface area contributed by atoms with Crippen molar-refractivity contribution in [3.63, 3.8) is 0 Å². The van der Waals surface area contributed by atoms with Crippen molar-refractivity contribution in [3.8, 4) is 0 Å². The van der Waals surface area contributed by atoms with Crippen LogP contribution in [0, 0.1) is 16.2 Å². The number of rotatable bonds is 14. The van der Waals surface area contributed by atoms with Crippen LogP contribution in [0.2, 0.25) is 0 Å². The summed E-state index contributed by atoms with van der Waals surface area (Å²) in [6.45, 7) is 7.10. The highest BCUT2D eigenvalue weighted by Gasteiger charge is 2.57. The zero-order chi connectivity index (χ0) is 22.5. The molecule has 0 amide bonds. The Kier molecular flexibility index (Phi) is 8.51. The van der Waals surface area contributed by atoms with Crippen molar-refractivity contribution in [2.75, 3.05) is 66.1 Å². The van der Waals surface area contributed by atoms with Crippen LogP contribution in [0.3, 0.4) is 0 Å². The van der Waals surface area contributed by atoms with E-state index in [2.05, 4.69) is 0 Å². The Balaban J connectivity index is 1.88. The maximum atomic E-state index is 13.2. The van der Waals surface area contributed by atoms with E-state index in [9.17, 15) is 22.0 Å². The number of halogens is 5. The molecule has 0 bridgehead atoms. The molecule has 10 heteroatoms. The average molecular weight is 448 g/mol. The Bertz CT molecular complexity index is 493. The summed E-state index contributed by atoms with van der Waals surface area (Å²) in [7, 11) is 0. The highest BCUT2D eigenvalue weighted by Crippen LogP contribution is 2.37. The van der Waals surface area contributed by atoms with Gasteiger partial charge in [-0.25, -0.2) is 0 Å². The third-order valence-electron chi connectivity index (χ3n) is 6.00. The van der Waals surface area contributed by atoms with E-state index in [1.807, 2.05) is 13.8 Å². The van der Waals surface area contributed by atoms with Gasteiger partial charge in [-0.2, -0.15) is 22.0 Å². The third-order valence-corrected chi connectivity index (χ3v) is 6.00. The highest BCUT2D eigenvalue weighted by molar-refractivity contribution is 4.86. The molecule has 178 valence electrons. The van der Waals surface area contributed by atoms with Crippen molar-refractivity contribution in [1.82, 2.24) is 0 Å². The second kappa shape index (κ2) is 9.94. The van der Waals surface area contributed by atoms with Crippen LogP contribution in [0.4, 0.5) is 22.0 Å². The minimum Gasteiger partial charge on any atom is -0.380 e. The van der Waals surface area contributed by atoms with E-state index in [1.54, 1.807) is 6.92 Å². The molecule has 0 aromatic heterocycles. The molecular formula is C20H33F5O5. The van der Waals surface area contributed by atoms with E-state index in [0.29, 0.717) is 39.6 Å². The van der Waals surface area contributed by atoms with Crippen LogP contribution in [-0.2, 0) is 23.7 Å². The highest BCUT2D eigenvalue weighted by atomic mass is 19.4. The van der Waals surface area contributed by atoms with Crippen molar-refractivity contribution >= 4 is 0 Å². The zero-order valence-corrected chi connectivity index (χ0v) is 17.9. The molecule has 0 aromatic rings. The molecule has 0 spiro atoms. The summed E-state index contributed by atoms with van der Waals surface area (Å²) in [4.78, 5) is 0. The molecule has 0 atom stereocenters. The van der Waals surface area contributed by atoms with Crippen LogP contribution in [0.5, 0.6) is 0 Å². The van der Waals surface area contributed by atoms with Gasteiger partial charge in [0.1, 0.15) is 6.61 Å². The van der Waals surface area contributed by atoms with Gasteiger partial charge in [0.05, 0.1) is 59.5 Å². The quantitative estimate of drug-likeness (QED) is 0.375. The maximum Gasteiger partial charge on any atom is 0.455 e. The van der Waals surface area contributed by atoms with Gasteiger partial charge in [0.25, 0.3) is 0 Å². The number of alkyl halides is 5. The molecule has 0 unspecified atom stereocenters. The van der Waals surface area contributed by atoms with Crippen molar-refractivity contribution in [2.24, 2.45) is 16.2 Å². The molecule has 30 heavy (non-hydrogen) atoms. The smallest absolute Gasteiger partial charge is 0.380 e. The van der Waals surface area contributed by atoms with Gasteiger partial charge in [0.2, 0.25) is 0 Å². The summed E-state index contributed by atoms with van der Waals surface area (Å²) in [5, 5.41) is 0. The average Bonchev–Trinajstić information content (AvgIpc) is 2.58. The van der Waals surface area contributed by atoms with Crippen LogP contribution >= 0.6 is 0 Å². The topological polar surface area (TPSA) is 46.2 Å². The fourth-order valence-corrected chi connectivity index (χ4v) is 3.22. The fraction of sp³-hybridized carbons (Fsp3) is 1.00. The zero-order valence-electron chi connectivity index (χ0n) is 17.9. The number of hydrogen-bond acceptors (Lipinski definition) is 5. The molecule has 2 heterocycles. The lowest BCUT2D eigenvalue weighted by molar-refractivity contribution is -0.299. The van der Waals surface area contributed by atoms with E-state index in [0.717, 1.165) is 12.8 Å². The van der Waals surface area contributed by atoms with Crippen molar-refractivity contribution in [1.29, 1.82) is 0 Å². The molecule has 2 fully saturated rings. The second-order valence-electron chi connectivity index (χ2n) is 9.18. The van der Waals surface area contributed by atoms with Crippen LogP contribution in [0.25, 0.3) is 0 Å². The maximum absolute atomic E-state index is 13.2. The lowest BCUT2D eigenvalue weighted by Gasteiger charge is -2.42. The monoisotopic (exact) mass is 448 g/mol. The normalized spacial score (nSPS) is 21.2. The molecule has 5 nitrogen and oxygen atoms in total. The summed E-state index contributed by atoms with van der Waals surface area (Å²) >= 11 is 0. The Morgan fingerprint density at radius 2 is 1.10 bits per heavy atom. The summed E-state index contributed by atoms with van der Waals surface area (Å²) in [5.41, 5.74) is -1.01. The lowest BCUT2D eigenvalue weighted by atomic mass is 9.84. The first-order valence-corrected chi connectivity index (χ1v) is 10.2. The Labute approximate surface area is 174 Å². The molecule has 0 aromatic carbocycles. The first-order valence-electron chi connectivity index (χ1n) is 10.2. The van der Waals surface area contributed by atoms with Gasteiger partial charge < -0.3 is 23.7 Å². The second-order valence-corrected chi connectivity index (χ2v) is 9.18. The molecule has 0 aliphatic carbocycles. The van der Waals surface area contributed by atoms with E-state index < -0.39 is 24.1 Å². The fourth-order valence-electron chi connectivity index (χ4n) is 3.22. The predicted molar refractivity (Wildman–Crippen MR) is 98.7 cm³/mol. The molecule has 0 N–H and O–H groups in total. The van der Waals surface area contributed by atoms with Gasteiger partial charge in [0.15, 0.2) is 0 Å². The molecular weight excluding hydrogens is 415 g/mol.